The van der Waals surface area contributed by atoms with E-state index in [1.165, 1.54) is 19.1 Å². The first-order valence-electron chi connectivity index (χ1n) is 6.83. The van der Waals surface area contributed by atoms with Gasteiger partial charge in [0.25, 0.3) is 0 Å². The van der Waals surface area contributed by atoms with Crippen molar-refractivity contribution in [2.45, 2.75) is 33.0 Å². The van der Waals surface area contributed by atoms with Crippen molar-refractivity contribution in [2.24, 2.45) is 0 Å². The molecule has 0 aliphatic rings. The summed E-state index contributed by atoms with van der Waals surface area (Å²) in [7, 11) is 0. The van der Waals surface area contributed by atoms with Crippen LogP contribution >= 0.6 is 0 Å². The number of aryl methyl sites for hydroxylation is 1. The van der Waals surface area contributed by atoms with Crippen LogP contribution in [0.4, 0.5) is 24.5 Å². The average molecular weight is 328 g/mol. The smallest absolute Gasteiger partial charge is 0.376 e. The monoisotopic (exact) mass is 328 g/mol. The molecule has 6 nitrogen and oxygen atoms in total. The SMILES string of the molecule is CCc1noc(CNc2ccc(NC(C)=O)cc2C(F)(F)F)n1. The minimum Gasteiger partial charge on any atom is -0.376 e. The van der Waals surface area contributed by atoms with Crippen LogP contribution in [0.2, 0.25) is 0 Å². The number of anilines is 2. The van der Waals surface area contributed by atoms with Crippen LogP contribution in [-0.4, -0.2) is 16.0 Å². The molecule has 2 rings (SSSR count). The zero-order valence-electron chi connectivity index (χ0n) is 12.5. The normalized spacial score (nSPS) is 11.3. The summed E-state index contributed by atoms with van der Waals surface area (Å²) in [4.78, 5) is 15.0. The first-order chi connectivity index (χ1) is 10.8. The quantitative estimate of drug-likeness (QED) is 0.881. The van der Waals surface area contributed by atoms with Gasteiger partial charge in [-0.05, 0) is 18.2 Å². The molecule has 0 bridgehead atoms. The maximum atomic E-state index is 13.1. The molecule has 2 N–H and O–H groups in total. The van der Waals surface area contributed by atoms with Gasteiger partial charge in [-0.3, -0.25) is 4.79 Å². The Morgan fingerprint density at radius 3 is 2.65 bits per heavy atom. The molecule has 0 atom stereocenters. The number of benzene rings is 1. The lowest BCUT2D eigenvalue weighted by molar-refractivity contribution is -0.137. The van der Waals surface area contributed by atoms with E-state index in [1.54, 1.807) is 0 Å². The van der Waals surface area contributed by atoms with Crippen molar-refractivity contribution < 1.29 is 22.5 Å². The second-order valence-corrected chi connectivity index (χ2v) is 4.75. The molecule has 1 aromatic heterocycles. The Kier molecular flexibility index (Phi) is 4.87. The number of alkyl halides is 3. The van der Waals surface area contributed by atoms with Gasteiger partial charge in [0.1, 0.15) is 0 Å². The third-order valence-corrected chi connectivity index (χ3v) is 2.90. The van der Waals surface area contributed by atoms with Crippen LogP contribution in [0.25, 0.3) is 0 Å². The van der Waals surface area contributed by atoms with Gasteiger partial charge in [-0.25, -0.2) is 0 Å². The molecule has 0 unspecified atom stereocenters. The summed E-state index contributed by atoms with van der Waals surface area (Å²) in [6, 6.07) is 3.49. The molecule has 0 spiro atoms. The Morgan fingerprint density at radius 2 is 2.09 bits per heavy atom. The fourth-order valence-electron chi connectivity index (χ4n) is 1.89. The third-order valence-electron chi connectivity index (χ3n) is 2.90. The molecule has 2 aromatic rings. The number of hydrogen-bond acceptors (Lipinski definition) is 5. The predicted octanol–water partition coefficient (Wildman–Crippen LogP) is 3.22. The highest BCUT2D eigenvalue weighted by Crippen LogP contribution is 2.36. The molecule has 124 valence electrons. The second kappa shape index (κ2) is 6.67. The Labute approximate surface area is 130 Å². The number of rotatable bonds is 5. The van der Waals surface area contributed by atoms with Crippen molar-refractivity contribution in [2.75, 3.05) is 10.6 Å². The van der Waals surface area contributed by atoms with Crippen LogP contribution in [0.5, 0.6) is 0 Å². The predicted molar refractivity (Wildman–Crippen MR) is 76.8 cm³/mol. The number of nitrogens with zero attached hydrogens (tertiary/aromatic N) is 2. The van der Waals surface area contributed by atoms with Crippen LogP contribution in [0, 0.1) is 0 Å². The van der Waals surface area contributed by atoms with Crippen molar-refractivity contribution in [1.82, 2.24) is 10.1 Å². The number of hydrogen-bond donors (Lipinski definition) is 2. The van der Waals surface area contributed by atoms with Crippen LogP contribution < -0.4 is 10.6 Å². The second-order valence-electron chi connectivity index (χ2n) is 4.75. The number of nitrogens with one attached hydrogen (secondary N) is 2. The number of halogens is 3. The summed E-state index contributed by atoms with van der Waals surface area (Å²) in [5, 5.41) is 8.62. The maximum Gasteiger partial charge on any atom is 0.418 e. The number of amides is 1. The Bertz CT molecular complexity index is 698. The van der Waals surface area contributed by atoms with Crippen LogP contribution in [0.15, 0.2) is 22.7 Å². The molecule has 0 radical (unpaired) electrons. The van der Waals surface area contributed by atoms with Gasteiger partial charge in [0.15, 0.2) is 5.82 Å². The van der Waals surface area contributed by atoms with Crippen LogP contribution in [0.1, 0.15) is 31.1 Å². The maximum absolute atomic E-state index is 13.1. The van der Waals surface area contributed by atoms with Crippen molar-refractivity contribution in [3.05, 3.63) is 35.5 Å². The van der Waals surface area contributed by atoms with Crippen molar-refractivity contribution >= 4 is 17.3 Å². The van der Waals surface area contributed by atoms with E-state index in [0.29, 0.717) is 12.2 Å². The van der Waals surface area contributed by atoms with Crippen LogP contribution in [-0.2, 0) is 23.9 Å². The van der Waals surface area contributed by atoms with Crippen molar-refractivity contribution in [1.29, 1.82) is 0 Å². The van der Waals surface area contributed by atoms with E-state index in [9.17, 15) is 18.0 Å². The number of carbonyl (C=O) groups is 1. The van der Waals surface area contributed by atoms with E-state index in [0.717, 1.165) is 6.07 Å². The summed E-state index contributed by atoms with van der Waals surface area (Å²) >= 11 is 0. The summed E-state index contributed by atoms with van der Waals surface area (Å²) < 4.78 is 44.4. The lowest BCUT2D eigenvalue weighted by Gasteiger charge is -2.15. The fourth-order valence-corrected chi connectivity index (χ4v) is 1.89. The summed E-state index contributed by atoms with van der Waals surface area (Å²) in [6.07, 6.45) is -4.00. The Morgan fingerprint density at radius 1 is 1.35 bits per heavy atom. The van der Waals surface area contributed by atoms with Gasteiger partial charge in [-0.15, -0.1) is 0 Å². The minimum atomic E-state index is -4.57. The summed E-state index contributed by atoms with van der Waals surface area (Å²) in [6.45, 7) is 3.03. The molecule has 0 saturated heterocycles. The van der Waals surface area contributed by atoms with Gasteiger partial charge in [0.05, 0.1) is 12.1 Å². The molecule has 0 aliphatic heterocycles. The molecule has 1 aromatic carbocycles. The van der Waals surface area contributed by atoms with E-state index in [2.05, 4.69) is 20.8 Å². The third kappa shape index (κ3) is 4.44. The van der Waals surface area contributed by atoms with E-state index >= 15 is 0 Å². The first kappa shape index (κ1) is 16.8. The largest absolute Gasteiger partial charge is 0.418 e. The molecule has 0 aliphatic carbocycles. The summed E-state index contributed by atoms with van der Waals surface area (Å²) in [5.41, 5.74) is -0.955. The molecule has 9 heteroatoms. The van der Waals surface area contributed by atoms with Gasteiger partial charge in [-0.1, -0.05) is 12.1 Å². The van der Waals surface area contributed by atoms with E-state index < -0.39 is 17.6 Å². The summed E-state index contributed by atoms with van der Waals surface area (Å²) in [5.74, 6) is 0.233. The van der Waals surface area contributed by atoms with Gasteiger partial charge in [0.2, 0.25) is 11.8 Å². The van der Waals surface area contributed by atoms with Gasteiger partial charge >= 0.3 is 6.18 Å². The Hall–Kier alpha value is -2.58. The zero-order chi connectivity index (χ0) is 17.0. The highest BCUT2D eigenvalue weighted by atomic mass is 19.4. The molecule has 0 saturated carbocycles. The molecular formula is C14H15F3N4O2. The number of aromatic nitrogens is 2. The molecule has 1 heterocycles. The molecule has 0 fully saturated rings. The van der Waals surface area contributed by atoms with E-state index in [1.807, 2.05) is 6.92 Å². The van der Waals surface area contributed by atoms with E-state index in [-0.39, 0.29) is 23.8 Å². The van der Waals surface area contributed by atoms with Crippen molar-refractivity contribution in [3.63, 3.8) is 0 Å². The van der Waals surface area contributed by atoms with Gasteiger partial charge in [-0.2, -0.15) is 18.2 Å². The molecule has 1 amide bonds. The highest BCUT2D eigenvalue weighted by molar-refractivity contribution is 5.89. The highest BCUT2D eigenvalue weighted by Gasteiger charge is 2.34. The molecule has 23 heavy (non-hydrogen) atoms. The zero-order valence-corrected chi connectivity index (χ0v) is 12.5. The lowest BCUT2D eigenvalue weighted by atomic mass is 10.1. The molecular weight excluding hydrogens is 313 g/mol. The van der Waals surface area contributed by atoms with Gasteiger partial charge < -0.3 is 15.2 Å². The minimum absolute atomic E-state index is 0.0322. The fraction of sp³-hybridized carbons (Fsp3) is 0.357. The standard InChI is InChI=1S/C14H15F3N4O2/c1-3-12-20-13(23-21-12)7-18-11-5-4-9(19-8(2)22)6-10(11)14(15,16)17/h4-6,18H,3,7H2,1-2H3,(H,19,22). The van der Waals surface area contributed by atoms with Gasteiger partial charge in [0, 0.05) is 24.7 Å². The first-order valence-corrected chi connectivity index (χ1v) is 6.83. The van der Waals surface area contributed by atoms with Crippen molar-refractivity contribution in [3.8, 4) is 0 Å². The van der Waals surface area contributed by atoms with E-state index in [4.69, 9.17) is 4.52 Å². The number of carbonyl (C=O) groups excluding carboxylic acids is 1. The Balaban J connectivity index is 2.21. The topological polar surface area (TPSA) is 80.0 Å². The average Bonchev–Trinajstić information content (AvgIpc) is 2.92. The van der Waals surface area contributed by atoms with Crippen LogP contribution in [0.3, 0.4) is 0 Å². The lowest BCUT2D eigenvalue weighted by Crippen LogP contribution is -2.13.